The minimum atomic E-state index is 0.523. The van der Waals surface area contributed by atoms with E-state index < -0.39 is 0 Å². The average Bonchev–Trinajstić information content (AvgIpc) is 3.14. The van der Waals surface area contributed by atoms with Gasteiger partial charge in [-0.3, -0.25) is 4.68 Å². The quantitative estimate of drug-likeness (QED) is 0.621. The Morgan fingerprint density at radius 1 is 1.28 bits per heavy atom. The maximum atomic E-state index is 9.38. The number of fused-ring (bicyclic) bond motifs is 2. The summed E-state index contributed by atoms with van der Waals surface area (Å²) in [7, 11) is 1.84. The van der Waals surface area contributed by atoms with Crippen LogP contribution in [0.1, 0.15) is 17.0 Å². The van der Waals surface area contributed by atoms with Crippen molar-refractivity contribution in [2.24, 2.45) is 7.05 Å². The van der Waals surface area contributed by atoms with E-state index in [0.717, 1.165) is 34.5 Å². The van der Waals surface area contributed by atoms with Crippen LogP contribution in [0.15, 0.2) is 36.7 Å². The minimum absolute atomic E-state index is 0.523. The Bertz CT molecular complexity index is 1110. The molecule has 0 atom stereocenters. The fourth-order valence-electron chi connectivity index (χ4n) is 3.06. The van der Waals surface area contributed by atoms with Crippen LogP contribution in [0.4, 0.5) is 5.82 Å². The summed E-state index contributed by atoms with van der Waals surface area (Å²) < 4.78 is 3.80. The Hall–Kier alpha value is -3.40. The van der Waals surface area contributed by atoms with Gasteiger partial charge in [0, 0.05) is 37.3 Å². The standard InChI is InChI=1S/C18H17N7/c1-12-15(25-8-4-3-5-16(25)22-12)6-7-20-17-13(10-19)9-14-11-21-24(2)18(14)23-17/h3-5,8-9,11H,6-7H2,1-2H3,(H,20,23). The second-order valence-electron chi connectivity index (χ2n) is 5.93. The van der Waals surface area contributed by atoms with Gasteiger partial charge in [0.25, 0.3) is 0 Å². The van der Waals surface area contributed by atoms with Gasteiger partial charge >= 0.3 is 0 Å². The number of nitrogens with one attached hydrogen (secondary N) is 1. The molecule has 0 bridgehead atoms. The summed E-state index contributed by atoms with van der Waals surface area (Å²) in [6.45, 7) is 2.68. The molecule has 7 nitrogen and oxygen atoms in total. The molecular formula is C18H17N7. The van der Waals surface area contributed by atoms with Gasteiger partial charge in [0.15, 0.2) is 5.65 Å². The third-order valence-electron chi connectivity index (χ3n) is 4.31. The number of anilines is 1. The first-order valence-corrected chi connectivity index (χ1v) is 8.06. The lowest BCUT2D eigenvalue weighted by atomic mass is 10.2. The van der Waals surface area contributed by atoms with Crippen LogP contribution in [0, 0.1) is 18.3 Å². The Balaban J connectivity index is 1.59. The predicted molar refractivity (Wildman–Crippen MR) is 95.3 cm³/mol. The van der Waals surface area contributed by atoms with Gasteiger partial charge in [-0.25, -0.2) is 9.97 Å². The number of aromatic nitrogens is 5. The number of hydrogen-bond acceptors (Lipinski definition) is 5. The van der Waals surface area contributed by atoms with Gasteiger partial charge in [0.2, 0.25) is 0 Å². The van der Waals surface area contributed by atoms with Crippen LogP contribution < -0.4 is 5.32 Å². The fourth-order valence-corrected chi connectivity index (χ4v) is 3.06. The number of imidazole rings is 1. The minimum Gasteiger partial charge on any atom is -0.369 e. The Morgan fingerprint density at radius 3 is 3.00 bits per heavy atom. The molecule has 0 spiro atoms. The fraction of sp³-hybridized carbons (Fsp3) is 0.222. The second-order valence-corrected chi connectivity index (χ2v) is 5.93. The summed E-state index contributed by atoms with van der Waals surface area (Å²) in [5.41, 5.74) is 4.40. The van der Waals surface area contributed by atoms with Crippen LogP contribution in [0.2, 0.25) is 0 Å². The van der Waals surface area contributed by atoms with E-state index in [1.807, 2.05) is 44.4 Å². The summed E-state index contributed by atoms with van der Waals surface area (Å²) in [6.07, 6.45) is 4.52. The average molecular weight is 331 g/mol. The molecule has 0 fully saturated rings. The van der Waals surface area contributed by atoms with Gasteiger partial charge in [-0.2, -0.15) is 10.4 Å². The van der Waals surface area contributed by atoms with Gasteiger partial charge in [0.1, 0.15) is 17.5 Å². The van der Waals surface area contributed by atoms with Gasteiger partial charge in [-0.05, 0) is 25.1 Å². The van der Waals surface area contributed by atoms with Crippen molar-refractivity contribution >= 4 is 22.5 Å². The van der Waals surface area contributed by atoms with Crippen molar-refractivity contribution in [3.63, 3.8) is 0 Å². The van der Waals surface area contributed by atoms with E-state index in [4.69, 9.17) is 0 Å². The van der Waals surface area contributed by atoms with Crippen LogP contribution in [-0.4, -0.2) is 30.7 Å². The number of hydrogen-bond donors (Lipinski definition) is 1. The van der Waals surface area contributed by atoms with E-state index in [2.05, 4.69) is 30.9 Å². The molecule has 4 aromatic heterocycles. The molecule has 7 heteroatoms. The van der Waals surface area contributed by atoms with Crippen molar-refractivity contribution in [2.75, 3.05) is 11.9 Å². The van der Waals surface area contributed by atoms with Crippen molar-refractivity contribution in [2.45, 2.75) is 13.3 Å². The van der Waals surface area contributed by atoms with E-state index in [0.29, 0.717) is 17.9 Å². The highest BCUT2D eigenvalue weighted by molar-refractivity contribution is 5.79. The lowest BCUT2D eigenvalue weighted by molar-refractivity contribution is 0.786. The Labute approximate surface area is 144 Å². The molecule has 0 saturated heterocycles. The number of rotatable bonds is 4. The molecule has 0 aromatic carbocycles. The summed E-state index contributed by atoms with van der Waals surface area (Å²) in [5, 5.41) is 17.7. The van der Waals surface area contributed by atoms with Crippen molar-refractivity contribution < 1.29 is 0 Å². The molecule has 0 radical (unpaired) electrons. The molecule has 4 rings (SSSR count). The number of nitrogens with zero attached hydrogens (tertiary/aromatic N) is 6. The molecule has 0 unspecified atom stereocenters. The zero-order chi connectivity index (χ0) is 17.4. The molecule has 4 aromatic rings. The molecule has 25 heavy (non-hydrogen) atoms. The van der Waals surface area contributed by atoms with Crippen LogP contribution in [0.25, 0.3) is 16.7 Å². The highest BCUT2D eigenvalue weighted by atomic mass is 15.3. The molecular weight excluding hydrogens is 314 g/mol. The topological polar surface area (TPSA) is 83.8 Å². The maximum absolute atomic E-state index is 9.38. The van der Waals surface area contributed by atoms with Crippen LogP contribution >= 0.6 is 0 Å². The Kier molecular flexibility index (Phi) is 3.58. The van der Waals surface area contributed by atoms with Crippen LogP contribution in [0.3, 0.4) is 0 Å². The summed E-state index contributed by atoms with van der Waals surface area (Å²) >= 11 is 0. The molecule has 0 aliphatic carbocycles. The lowest BCUT2D eigenvalue weighted by Gasteiger charge is -2.08. The largest absolute Gasteiger partial charge is 0.369 e. The van der Waals surface area contributed by atoms with Crippen molar-refractivity contribution in [3.8, 4) is 6.07 Å². The number of nitriles is 1. The molecule has 4 heterocycles. The first kappa shape index (κ1) is 15.1. The van der Waals surface area contributed by atoms with Crippen LogP contribution in [0.5, 0.6) is 0 Å². The first-order valence-electron chi connectivity index (χ1n) is 8.06. The van der Waals surface area contributed by atoms with E-state index in [1.165, 1.54) is 0 Å². The lowest BCUT2D eigenvalue weighted by Crippen LogP contribution is -2.10. The summed E-state index contributed by atoms with van der Waals surface area (Å²) in [4.78, 5) is 9.13. The smallest absolute Gasteiger partial charge is 0.159 e. The summed E-state index contributed by atoms with van der Waals surface area (Å²) in [5.74, 6) is 0.588. The Morgan fingerprint density at radius 2 is 2.16 bits per heavy atom. The molecule has 124 valence electrons. The predicted octanol–water partition coefficient (Wildman–Crippen LogP) is 2.45. The van der Waals surface area contributed by atoms with Crippen molar-refractivity contribution in [3.05, 3.63) is 53.6 Å². The number of aryl methyl sites for hydroxylation is 2. The first-order chi connectivity index (χ1) is 12.2. The monoisotopic (exact) mass is 331 g/mol. The second kappa shape index (κ2) is 5.91. The number of pyridine rings is 2. The van der Waals surface area contributed by atoms with E-state index in [1.54, 1.807) is 10.9 Å². The zero-order valence-electron chi connectivity index (χ0n) is 14.1. The zero-order valence-corrected chi connectivity index (χ0v) is 14.1. The molecule has 0 aliphatic heterocycles. The highest BCUT2D eigenvalue weighted by Crippen LogP contribution is 2.19. The van der Waals surface area contributed by atoms with Gasteiger partial charge < -0.3 is 9.72 Å². The highest BCUT2D eigenvalue weighted by Gasteiger charge is 2.11. The molecule has 1 N–H and O–H groups in total. The van der Waals surface area contributed by atoms with Crippen molar-refractivity contribution in [1.82, 2.24) is 24.1 Å². The maximum Gasteiger partial charge on any atom is 0.159 e. The van der Waals surface area contributed by atoms with E-state index in [9.17, 15) is 5.26 Å². The molecule has 0 saturated carbocycles. The van der Waals surface area contributed by atoms with Crippen molar-refractivity contribution in [1.29, 1.82) is 5.26 Å². The third-order valence-corrected chi connectivity index (χ3v) is 4.31. The van der Waals surface area contributed by atoms with E-state index >= 15 is 0 Å². The normalized spacial score (nSPS) is 11.1. The summed E-state index contributed by atoms with van der Waals surface area (Å²) in [6, 6.07) is 9.99. The molecule has 0 aliphatic rings. The van der Waals surface area contributed by atoms with Gasteiger partial charge in [0.05, 0.1) is 17.5 Å². The SMILES string of the molecule is Cc1nc2ccccn2c1CCNc1nc2c(cnn2C)cc1C#N. The van der Waals surface area contributed by atoms with E-state index in [-0.39, 0.29) is 0 Å². The third kappa shape index (κ3) is 2.58. The molecule has 0 amide bonds. The van der Waals surface area contributed by atoms with Gasteiger partial charge in [-0.1, -0.05) is 6.07 Å². The van der Waals surface area contributed by atoms with Gasteiger partial charge in [-0.15, -0.1) is 0 Å². The van der Waals surface area contributed by atoms with Crippen LogP contribution in [-0.2, 0) is 13.5 Å².